The Labute approximate surface area is 131 Å². The highest BCUT2D eigenvalue weighted by Gasteiger charge is 2.43. The number of hydrogen-bond acceptors (Lipinski definition) is 0. The molecule has 0 aliphatic carbocycles. The van der Waals surface area contributed by atoms with E-state index in [4.69, 9.17) is 11.1 Å². The average molecular weight is 311 g/mol. The highest BCUT2D eigenvalue weighted by Crippen LogP contribution is 2.40. The van der Waals surface area contributed by atoms with Crippen molar-refractivity contribution in [1.82, 2.24) is 0 Å². The van der Waals surface area contributed by atoms with Crippen LogP contribution in [0.3, 0.4) is 0 Å². The third-order valence-electron chi connectivity index (χ3n) is 4.97. The highest BCUT2D eigenvalue weighted by molar-refractivity contribution is 7.28. The Balaban J connectivity index is 3.40. The van der Waals surface area contributed by atoms with Crippen molar-refractivity contribution in [3.05, 3.63) is 29.3 Å². The second kappa shape index (κ2) is 7.65. The normalized spacial score (nSPS) is 17.6. The van der Waals surface area contributed by atoms with E-state index in [-0.39, 0.29) is 0 Å². The topological polar surface area (TPSA) is 0 Å². The quantitative estimate of drug-likeness (QED) is 0.441. The number of halogens is 1. The fourth-order valence-electron chi connectivity index (χ4n) is 3.04. The third kappa shape index (κ3) is 3.48. The number of aryl methyl sites for hydroxylation is 2. The summed E-state index contributed by atoms with van der Waals surface area (Å²) in [6, 6.07) is 7.15. The minimum atomic E-state index is -1.96. The smallest absolute Gasteiger partial charge is 0.160 e. The average Bonchev–Trinajstić information content (AvgIpc) is 2.51. The molecule has 2 unspecified atom stereocenters. The van der Waals surface area contributed by atoms with Gasteiger partial charge in [-0.2, -0.15) is 11.1 Å². The van der Waals surface area contributed by atoms with E-state index in [2.05, 4.69) is 59.7 Å². The Morgan fingerprint density at radius 3 is 1.55 bits per heavy atom. The zero-order chi connectivity index (χ0) is 15.3. The zero-order valence-corrected chi connectivity index (χ0v) is 15.8. The van der Waals surface area contributed by atoms with Crippen LogP contribution in [0.4, 0.5) is 0 Å². The fourth-order valence-corrected chi connectivity index (χ4v) is 8.41. The number of hydrogen-bond donors (Lipinski definition) is 0. The van der Waals surface area contributed by atoms with Crippen molar-refractivity contribution in [3.63, 3.8) is 0 Å². The van der Waals surface area contributed by atoms with Crippen molar-refractivity contribution in [2.75, 3.05) is 0 Å². The summed E-state index contributed by atoms with van der Waals surface area (Å²) in [6.07, 6.45) is 4.56. The van der Waals surface area contributed by atoms with Crippen LogP contribution >= 0.6 is 11.1 Å². The molecule has 0 heterocycles. The van der Waals surface area contributed by atoms with Gasteiger partial charge in [0, 0.05) is 0 Å². The van der Waals surface area contributed by atoms with Crippen LogP contribution in [0.25, 0.3) is 0 Å². The predicted octanol–water partition coefficient (Wildman–Crippen LogP) is 5.80. The predicted molar refractivity (Wildman–Crippen MR) is 95.9 cm³/mol. The second-order valence-corrected chi connectivity index (χ2v) is 12.1. The van der Waals surface area contributed by atoms with Crippen LogP contribution in [0.1, 0.15) is 65.5 Å². The molecule has 0 saturated carbocycles. The molecule has 0 spiro atoms. The van der Waals surface area contributed by atoms with Gasteiger partial charge in [0.1, 0.15) is 0 Å². The summed E-state index contributed by atoms with van der Waals surface area (Å²) >= 11 is 7.36. The zero-order valence-electron chi connectivity index (χ0n) is 14.1. The molecule has 1 aromatic rings. The van der Waals surface area contributed by atoms with Gasteiger partial charge < -0.3 is 0 Å². The maximum atomic E-state index is 7.36. The fraction of sp³-hybridized carbons (Fsp3) is 0.667. The summed E-state index contributed by atoms with van der Waals surface area (Å²) in [5.41, 5.74) is 4.14. The lowest BCUT2D eigenvalue weighted by Crippen LogP contribution is -2.49. The molecule has 0 N–H and O–H groups in total. The van der Waals surface area contributed by atoms with Crippen molar-refractivity contribution >= 4 is 23.6 Å². The second-order valence-electron chi connectivity index (χ2n) is 6.13. The van der Waals surface area contributed by atoms with Gasteiger partial charge in [-0.1, -0.05) is 72.6 Å². The van der Waals surface area contributed by atoms with Crippen molar-refractivity contribution in [2.24, 2.45) is 0 Å². The molecule has 0 nitrogen and oxygen atoms in total. The van der Waals surface area contributed by atoms with Gasteiger partial charge in [0.05, 0.1) is 0 Å². The molecule has 20 heavy (non-hydrogen) atoms. The van der Waals surface area contributed by atoms with Crippen LogP contribution in [0.5, 0.6) is 0 Å². The van der Waals surface area contributed by atoms with Crippen molar-refractivity contribution in [3.8, 4) is 0 Å². The van der Waals surface area contributed by atoms with Gasteiger partial charge in [0.15, 0.2) is 7.38 Å². The van der Waals surface area contributed by atoms with Gasteiger partial charge >= 0.3 is 0 Å². The van der Waals surface area contributed by atoms with E-state index < -0.39 is 7.38 Å². The van der Waals surface area contributed by atoms with Gasteiger partial charge in [-0.15, -0.1) is 0 Å². The van der Waals surface area contributed by atoms with E-state index in [1.165, 1.54) is 29.2 Å². The maximum Gasteiger partial charge on any atom is 0.192 e. The minimum Gasteiger partial charge on any atom is -0.160 e. The monoisotopic (exact) mass is 310 g/mol. The molecule has 1 rings (SSSR count). The first kappa shape index (κ1) is 17.8. The Morgan fingerprint density at radius 1 is 0.850 bits per heavy atom. The maximum absolute atomic E-state index is 7.36. The van der Waals surface area contributed by atoms with Crippen LogP contribution in [0.2, 0.25) is 11.1 Å². The summed E-state index contributed by atoms with van der Waals surface area (Å²) < 4.78 is 0. The van der Waals surface area contributed by atoms with Crippen LogP contribution in [-0.4, -0.2) is 7.38 Å². The Hall–Kier alpha value is -0.273. The van der Waals surface area contributed by atoms with E-state index in [1.807, 2.05) is 0 Å². The summed E-state index contributed by atoms with van der Waals surface area (Å²) in [5.74, 6) is 0. The van der Waals surface area contributed by atoms with E-state index in [0.29, 0.717) is 11.1 Å². The lowest BCUT2D eigenvalue weighted by Gasteiger charge is -2.36. The molecule has 114 valence electrons. The van der Waals surface area contributed by atoms with Gasteiger partial charge in [-0.05, 0) is 40.2 Å². The molecular formula is C18H31ClSi. The molecule has 0 aromatic heterocycles. The molecule has 2 heteroatoms. The van der Waals surface area contributed by atoms with Gasteiger partial charge in [0.2, 0.25) is 0 Å². The summed E-state index contributed by atoms with van der Waals surface area (Å²) in [5, 5.41) is 1.47. The lowest BCUT2D eigenvalue weighted by atomic mass is 10.1. The molecule has 1 aromatic carbocycles. The third-order valence-corrected chi connectivity index (χ3v) is 12.7. The molecule has 0 fully saturated rings. The van der Waals surface area contributed by atoms with Crippen molar-refractivity contribution in [1.29, 1.82) is 0 Å². The lowest BCUT2D eigenvalue weighted by molar-refractivity contribution is 0.782. The van der Waals surface area contributed by atoms with Crippen LogP contribution in [0, 0.1) is 0 Å². The summed E-state index contributed by atoms with van der Waals surface area (Å²) in [6.45, 7) is 13.7. The molecule has 0 aliphatic heterocycles. The summed E-state index contributed by atoms with van der Waals surface area (Å²) in [7, 11) is -1.96. The highest BCUT2D eigenvalue weighted by atomic mass is 35.6. The Bertz CT molecular complexity index is 395. The minimum absolute atomic E-state index is 0.621. The first-order chi connectivity index (χ1) is 9.43. The van der Waals surface area contributed by atoms with Gasteiger partial charge in [-0.25, -0.2) is 0 Å². The van der Waals surface area contributed by atoms with Gasteiger partial charge in [0.25, 0.3) is 0 Å². The molecule has 0 amide bonds. The first-order valence-electron chi connectivity index (χ1n) is 8.26. The van der Waals surface area contributed by atoms with Gasteiger partial charge in [-0.3, -0.25) is 0 Å². The van der Waals surface area contributed by atoms with E-state index in [1.54, 1.807) is 0 Å². The van der Waals surface area contributed by atoms with Crippen LogP contribution < -0.4 is 5.19 Å². The number of rotatable bonds is 7. The van der Waals surface area contributed by atoms with E-state index >= 15 is 0 Å². The van der Waals surface area contributed by atoms with Crippen LogP contribution in [0.15, 0.2) is 18.2 Å². The summed E-state index contributed by atoms with van der Waals surface area (Å²) in [4.78, 5) is 0. The molecule has 0 aliphatic rings. The van der Waals surface area contributed by atoms with E-state index in [0.717, 1.165) is 12.8 Å². The van der Waals surface area contributed by atoms with E-state index in [9.17, 15) is 0 Å². The number of benzene rings is 1. The largest absolute Gasteiger partial charge is 0.192 e. The Kier molecular flexibility index (Phi) is 6.80. The molecule has 0 radical (unpaired) electrons. The Morgan fingerprint density at radius 2 is 1.25 bits per heavy atom. The molecular weight excluding hydrogens is 280 g/mol. The molecule has 0 saturated heterocycles. The molecule has 0 bridgehead atoms. The standard InChI is InChI=1S/C18H31ClSi/c1-7-14(5)20(19,15(6)8-2)18-12-16(9-3)11-17(10-4)13-18/h11-15H,7-10H2,1-6H3. The van der Waals surface area contributed by atoms with Crippen LogP contribution in [-0.2, 0) is 12.8 Å². The van der Waals surface area contributed by atoms with Crippen molar-refractivity contribution < 1.29 is 0 Å². The van der Waals surface area contributed by atoms with Crippen molar-refractivity contribution in [2.45, 2.75) is 78.3 Å². The first-order valence-corrected chi connectivity index (χ1v) is 11.4. The SMILES string of the molecule is CCc1cc(CC)cc([Si](Cl)(C(C)CC)C(C)CC)c1. The molecule has 2 atom stereocenters.